The summed E-state index contributed by atoms with van der Waals surface area (Å²) in [6, 6.07) is 0. The molecule has 0 aromatic rings. The number of hydrogen-bond acceptors (Lipinski definition) is 6. The highest BCUT2D eigenvalue weighted by Crippen LogP contribution is 2.13. The number of halogens is 1. The van der Waals surface area contributed by atoms with Gasteiger partial charge in [-0.25, -0.2) is 0 Å². The zero-order chi connectivity index (χ0) is 41.2. The molecule has 1 N–H and O–H groups in total. The van der Waals surface area contributed by atoms with E-state index in [9.17, 15) is 19.5 Å². The number of quaternary nitrogens is 1. The molecule has 1 amide bonds. The Morgan fingerprint density at radius 1 is 0.509 bits per heavy atom. The summed E-state index contributed by atoms with van der Waals surface area (Å²) in [6.45, 7) is 6.81. The Labute approximate surface area is 362 Å². The molecule has 0 saturated heterocycles. The first kappa shape index (κ1) is 57.4. The summed E-state index contributed by atoms with van der Waals surface area (Å²) >= 11 is 0. The van der Waals surface area contributed by atoms with Crippen molar-refractivity contribution in [1.29, 1.82) is 0 Å². The van der Waals surface area contributed by atoms with Crippen molar-refractivity contribution in [2.45, 2.75) is 206 Å². The minimum absolute atomic E-state index is 0. The molecule has 0 aliphatic rings. The van der Waals surface area contributed by atoms with Crippen LogP contribution in [0.5, 0.6) is 0 Å². The van der Waals surface area contributed by atoms with Gasteiger partial charge in [0, 0.05) is 25.9 Å². The summed E-state index contributed by atoms with van der Waals surface area (Å²) in [6.07, 6.45) is 43.2. The third-order valence-corrected chi connectivity index (χ3v) is 10.6. The monoisotopic (exact) mass is 871 g/mol. The van der Waals surface area contributed by atoms with Crippen LogP contribution < -0.4 is 17.0 Å². The van der Waals surface area contributed by atoms with Gasteiger partial charge in [0.25, 0.3) is 5.91 Å². The molecule has 0 saturated carbocycles. The summed E-state index contributed by atoms with van der Waals surface area (Å²) in [4.78, 5) is 39.7. The number of allylic oxidation sites excluding steroid dienone is 4. The largest absolute Gasteiger partial charge is 1.00 e. The van der Waals surface area contributed by atoms with Gasteiger partial charge >= 0.3 is 11.9 Å². The van der Waals surface area contributed by atoms with Crippen LogP contribution in [0.4, 0.5) is 0 Å². The van der Waals surface area contributed by atoms with Crippen LogP contribution in [0.1, 0.15) is 206 Å². The van der Waals surface area contributed by atoms with Crippen LogP contribution >= 0.6 is 0 Å². The summed E-state index contributed by atoms with van der Waals surface area (Å²) < 4.78 is 11.4. The van der Waals surface area contributed by atoms with Gasteiger partial charge in [-0.1, -0.05) is 141 Å². The topological polar surface area (TPSA) is 93.1 Å². The highest BCUT2D eigenvalue weighted by Gasteiger charge is 2.24. The van der Waals surface area contributed by atoms with Crippen LogP contribution in [-0.2, 0) is 23.9 Å². The number of aliphatic hydroxyl groups excluding tert-OH is 1. The molecular formula is C48H91BrN2O6. The third-order valence-electron chi connectivity index (χ3n) is 10.6. The number of aliphatic hydroxyl groups is 1. The summed E-state index contributed by atoms with van der Waals surface area (Å²) in [5, 5.41) is 9.43. The fourth-order valence-electron chi connectivity index (χ4n) is 6.88. The number of likely N-dealkylation sites (N-methyl/N-ethyl adjacent to an activating group) is 1. The highest BCUT2D eigenvalue weighted by molar-refractivity contribution is 5.77. The Morgan fingerprint density at radius 3 is 1.19 bits per heavy atom. The SMILES string of the molecule is CCCCCCCC/C=C\CCCCCCCC(=O)OCCCN(CCCOC(=O)CCCCCCC/C=C\CCCCCCCC)C(=O)C[N+](C)(C)CCO.[Br-]. The van der Waals surface area contributed by atoms with Gasteiger partial charge in [0.05, 0.1) is 33.9 Å². The predicted octanol–water partition coefficient (Wildman–Crippen LogP) is 8.83. The van der Waals surface area contributed by atoms with Crippen molar-refractivity contribution in [2.75, 3.05) is 60.1 Å². The fraction of sp³-hybridized carbons (Fsp3) is 0.854. The van der Waals surface area contributed by atoms with E-state index in [1.54, 1.807) is 4.90 Å². The summed E-state index contributed by atoms with van der Waals surface area (Å²) in [5.41, 5.74) is 0. The first-order valence-electron chi connectivity index (χ1n) is 23.6. The molecule has 0 aliphatic carbocycles. The molecule has 0 aromatic heterocycles. The maximum atomic E-state index is 13.2. The molecule has 9 heteroatoms. The minimum atomic E-state index is -0.167. The average molecular weight is 872 g/mol. The maximum absolute atomic E-state index is 13.2. The van der Waals surface area contributed by atoms with E-state index in [-0.39, 0.29) is 61.2 Å². The molecule has 0 atom stereocenters. The van der Waals surface area contributed by atoms with E-state index in [4.69, 9.17) is 9.47 Å². The lowest BCUT2D eigenvalue weighted by atomic mass is 10.1. The molecule has 0 spiro atoms. The van der Waals surface area contributed by atoms with Crippen LogP contribution in [0.3, 0.4) is 0 Å². The van der Waals surface area contributed by atoms with Gasteiger partial charge in [-0.05, 0) is 77.0 Å². The Balaban J connectivity index is 0. The number of carbonyl (C=O) groups is 3. The van der Waals surface area contributed by atoms with Gasteiger partial charge < -0.3 is 40.9 Å². The summed E-state index contributed by atoms with van der Waals surface area (Å²) in [7, 11) is 3.86. The number of amides is 1. The van der Waals surface area contributed by atoms with Crippen LogP contribution in [0.25, 0.3) is 0 Å². The number of nitrogens with zero attached hydrogens (tertiary/aromatic N) is 2. The second-order valence-electron chi connectivity index (χ2n) is 16.7. The van der Waals surface area contributed by atoms with Crippen molar-refractivity contribution in [3.8, 4) is 0 Å². The average Bonchev–Trinajstić information content (AvgIpc) is 3.16. The minimum Gasteiger partial charge on any atom is -1.00 e. The Kier molecular flexibility index (Phi) is 44.2. The first-order valence-corrected chi connectivity index (χ1v) is 23.6. The first-order chi connectivity index (χ1) is 27.3. The Morgan fingerprint density at radius 2 is 0.842 bits per heavy atom. The molecule has 8 nitrogen and oxygen atoms in total. The van der Waals surface area contributed by atoms with E-state index >= 15 is 0 Å². The van der Waals surface area contributed by atoms with E-state index in [0.29, 0.717) is 49.8 Å². The van der Waals surface area contributed by atoms with E-state index in [0.717, 1.165) is 51.4 Å². The van der Waals surface area contributed by atoms with Gasteiger partial charge in [0.15, 0.2) is 6.54 Å². The molecule has 0 unspecified atom stereocenters. The van der Waals surface area contributed by atoms with Crippen LogP contribution in [-0.4, -0.2) is 92.4 Å². The second kappa shape index (κ2) is 43.9. The van der Waals surface area contributed by atoms with Gasteiger partial charge in [-0.15, -0.1) is 0 Å². The molecule has 0 rings (SSSR count). The van der Waals surface area contributed by atoms with Crippen molar-refractivity contribution >= 4 is 17.8 Å². The normalized spacial score (nSPS) is 11.7. The molecule has 0 radical (unpaired) electrons. The smallest absolute Gasteiger partial charge is 0.305 e. The zero-order valence-electron chi connectivity index (χ0n) is 37.7. The highest BCUT2D eigenvalue weighted by atomic mass is 79.9. The van der Waals surface area contributed by atoms with Gasteiger partial charge in [-0.3, -0.25) is 14.4 Å². The Bertz CT molecular complexity index is 913. The quantitative estimate of drug-likeness (QED) is 0.0286. The van der Waals surface area contributed by atoms with Gasteiger partial charge in [0.1, 0.15) is 6.54 Å². The van der Waals surface area contributed by atoms with Crippen molar-refractivity contribution in [3.05, 3.63) is 24.3 Å². The van der Waals surface area contributed by atoms with E-state index in [2.05, 4.69) is 38.2 Å². The maximum Gasteiger partial charge on any atom is 0.305 e. The van der Waals surface area contributed by atoms with Gasteiger partial charge in [0.2, 0.25) is 0 Å². The number of hydrogen-bond donors (Lipinski definition) is 1. The van der Waals surface area contributed by atoms with Crippen molar-refractivity contribution in [1.82, 2.24) is 4.90 Å². The zero-order valence-corrected chi connectivity index (χ0v) is 39.3. The lowest BCUT2D eigenvalue weighted by Crippen LogP contribution is -3.00. The molecule has 0 fully saturated rings. The van der Waals surface area contributed by atoms with Crippen LogP contribution in [0, 0.1) is 0 Å². The fourth-order valence-corrected chi connectivity index (χ4v) is 6.88. The van der Waals surface area contributed by atoms with Crippen molar-refractivity contribution in [2.24, 2.45) is 0 Å². The molecule has 0 bridgehead atoms. The van der Waals surface area contributed by atoms with E-state index < -0.39 is 0 Å². The molecular weight excluding hydrogens is 780 g/mol. The van der Waals surface area contributed by atoms with Crippen LogP contribution in [0.15, 0.2) is 24.3 Å². The number of unbranched alkanes of at least 4 members (excludes halogenated alkanes) is 22. The summed E-state index contributed by atoms with van der Waals surface area (Å²) in [5.74, 6) is -0.346. The van der Waals surface area contributed by atoms with Gasteiger partial charge in [-0.2, -0.15) is 0 Å². The van der Waals surface area contributed by atoms with Crippen molar-refractivity contribution in [3.63, 3.8) is 0 Å². The number of esters is 2. The lowest BCUT2D eigenvalue weighted by Gasteiger charge is -2.31. The van der Waals surface area contributed by atoms with Crippen molar-refractivity contribution < 1.29 is 50.4 Å². The standard InChI is InChI=1S/C48H91N2O6.BrH/c1-5-7-9-11-13-15-17-19-21-23-25-27-29-31-33-37-47(53)55-43-35-39-49(46(52)45-50(3,4)41-42-51)40-36-44-56-48(54)38-34-32-30-28-26-24-22-20-18-16-14-12-10-8-6-2;/h19-22,51H,5-18,23-45H2,1-4H3;1H/q+1;/p-1/b21-19-,22-20-;. The molecule has 0 aliphatic heterocycles. The third kappa shape index (κ3) is 42.2. The molecule has 336 valence electrons. The van der Waals surface area contributed by atoms with E-state index in [1.165, 1.54) is 116 Å². The lowest BCUT2D eigenvalue weighted by molar-refractivity contribution is -0.883. The molecule has 57 heavy (non-hydrogen) atoms. The van der Waals surface area contributed by atoms with Crippen LogP contribution in [0.2, 0.25) is 0 Å². The molecule has 0 aromatic carbocycles. The Hall–Kier alpha value is -1.71. The number of carbonyl (C=O) groups excluding carboxylic acids is 3. The van der Waals surface area contributed by atoms with E-state index in [1.807, 2.05) is 14.1 Å². The second-order valence-corrected chi connectivity index (χ2v) is 16.7. The number of ether oxygens (including phenoxy) is 2. The molecule has 0 heterocycles. The predicted molar refractivity (Wildman–Crippen MR) is 236 cm³/mol. The number of rotatable bonds is 42.